The molecule has 1 saturated heterocycles. The van der Waals surface area contributed by atoms with Crippen molar-refractivity contribution in [1.29, 1.82) is 0 Å². The molecule has 1 aromatic heterocycles. The van der Waals surface area contributed by atoms with Crippen LogP contribution in [-0.2, 0) is 0 Å². The summed E-state index contributed by atoms with van der Waals surface area (Å²) >= 11 is 0. The number of methoxy groups -OCH3 is 1. The number of hydrogen-bond acceptors (Lipinski definition) is 5. The molecule has 0 unspecified atom stereocenters. The Labute approximate surface area is 140 Å². The Bertz CT molecular complexity index is 753. The zero-order valence-corrected chi connectivity index (χ0v) is 13.5. The molecule has 24 heavy (non-hydrogen) atoms. The summed E-state index contributed by atoms with van der Waals surface area (Å²) in [4.78, 5) is 14.5. The van der Waals surface area contributed by atoms with Crippen molar-refractivity contribution < 1.29 is 19.2 Å². The minimum atomic E-state index is -0.545. The third-order valence-electron chi connectivity index (χ3n) is 4.75. The van der Waals surface area contributed by atoms with Crippen molar-refractivity contribution >= 4 is 5.91 Å². The number of aliphatic hydroxyl groups is 1. The minimum absolute atomic E-state index is 0.197. The van der Waals surface area contributed by atoms with Crippen LogP contribution in [0.4, 0.5) is 0 Å². The normalized spacial score (nSPS) is 23.5. The SMILES string of the molecule is COc1cccc([C@@H]2C[C@H](O)CN2C(=O)c2cc(C3CC3)no2)c1. The van der Waals surface area contributed by atoms with Gasteiger partial charge in [0.05, 0.1) is 24.9 Å². The number of rotatable bonds is 4. The first-order valence-corrected chi connectivity index (χ1v) is 8.25. The quantitative estimate of drug-likeness (QED) is 0.933. The second-order valence-electron chi connectivity index (χ2n) is 6.53. The Morgan fingerprint density at radius 3 is 2.96 bits per heavy atom. The number of β-amino-alcohol motifs (C(OH)–C–C–N with tert-alkyl or cyclic N) is 1. The lowest BCUT2D eigenvalue weighted by molar-refractivity contribution is 0.0673. The molecule has 6 heteroatoms. The van der Waals surface area contributed by atoms with Crippen LogP contribution in [0.1, 0.15) is 53.0 Å². The molecule has 1 aliphatic heterocycles. The van der Waals surface area contributed by atoms with E-state index < -0.39 is 6.10 Å². The van der Waals surface area contributed by atoms with Gasteiger partial charge in [-0.25, -0.2) is 0 Å². The van der Waals surface area contributed by atoms with Crippen LogP contribution in [0.5, 0.6) is 5.75 Å². The van der Waals surface area contributed by atoms with Crippen molar-refractivity contribution in [3.63, 3.8) is 0 Å². The first kappa shape index (κ1) is 15.2. The minimum Gasteiger partial charge on any atom is -0.497 e. The predicted molar refractivity (Wildman–Crippen MR) is 85.9 cm³/mol. The number of aliphatic hydroxyl groups excluding tert-OH is 1. The highest BCUT2D eigenvalue weighted by atomic mass is 16.5. The molecular formula is C18H20N2O4. The van der Waals surface area contributed by atoms with Gasteiger partial charge in [0.2, 0.25) is 5.76 Å². The Hall–Kier alpha value is -2.34. The molecule has 0 bridgehead atoms. The molecule has 0 spiro atoms. The van der Waals surface area contributed by atoms with Gasteiger partial charge in [0, 0.05) is 18.5 Å². The summed E-state index contributed by atoms with van der Waals surface area (Å²) in [6.45, 7) is 0.292. The summed E-state index contributed by atoms with van der Waals surface area (Å²) in [6, 6.07) is 9.14. The lowest BCUT2D eigenvalue weighted by atomic mass is 10.0. The van der Waals surface area contributed by atoms with Crippen molar-refractivity contribution in [3.05, 3.63) is 47.3 Å². The molecule has 1 aliphatic carbocycles. The summed E-state index contributed by atoms with van der Waals surface area (Å²) < 4.78 is 10.5. The van der Waals surface area contributed by atoms with Crippen LogP contribution < -0.4 is 4.74 Å². The largest absolute Gasteiger partial charge is 0.497 e. The van der Waals surface area contributed by atoms with E-state index in [1.165, 1.54) is 0 Å². The number of carbonyl (C=O) groups is 1. The van der Waals surface area contributed by atoms with Gasteiger partial charge in [-0.1, -0.05) is 17.3 Å². The Morgan fingerprint density at radius 2 is 2.21 bits per heavy atom. The van der Waals surface area contributed by atoms with E-state index in [0.717, 1.165) is 29.8 Å². The van der Waals surface area contributed by atoms with Crippen molar-refractivity contribution in [2.45, 2.75) is 37.3 Å². The van der Waals surface area contributed by atoms with Crippen molar-refractivity contribution in [2.75, 3.05) is 13.7 Å². The lowest BCUT2D eigenvalue weighted by Gasteiger charge is -2.23. The van der Waals surface area contributed by atoms with Crippen LogP contribution in [0.15, 0.2) is 34.9 Å². The Balaban J connectivity index is 1.60. The summed E-state index contributed by atoms with van der Waals surface area (Å²) in [6.07, 6.45) is 2.17. The topological polar surface area (TPSA) is 75.8 Å². The highest BCUT2D eigenvalue weighted by Gasteiger charge is 2.38. The molecule has 2 fully saturated rings. The third-order valence-corrected chi connectivity index (χ3v) is 4.75. The number of ether oxygens (including phenoxy) is 1. The molecule has 2 aliphatic rings. The lowest BCUT2D eigenvalue weighted by Crippen LogP contribution is -2.31. The van der Waals surface area contributed by atoms with Crippen molar-refractivity contribution in [3.8, 4) is 5.75 Å². The van der Waals surface area contributed by atoms with E-state index in [9.17, 15) is 9.90 Å². The van der Waals surface area contributed by atoms with E-state index in [1.807, 2.05) is 24.3 Å². The molecular weight excluding hydrogens is 308 g/mol. The fraction of sp³-hybridized carbons (Fsp3) is 0.444. The number of carbonyl (C=O) groups excluding carboxylic acids is 1. The van der Waals surface area contributed by atoms with Gasteiger partial charge < -0.3 is 19.3 Å². The number of aromatic nitrogens is 1. The van der Waals surface area contributed by atoms with Crippen LogP contribution in [0.3, 0.4) is 0 Å². The highest BCUT2D eigenvalue weighted by Crippen LogP contribution is 2.40. The molecule has 4 rings (SSSR count). The zero-order valence-electron chi connectivity index (χ0n) is 13.5. The van der Waals surface area contributed by atoms with Gasteiger partial charge in [0.15, 0.2) is 0 Å². The van der Waals surface area contributed by atoms with Crippen molar-refractivity contribution in [1.82, 2.24) is 10.1 Å². The molecule has 0 radical (unpaired) electrons. The van der Waals surface area contributed by atoms with E-state index in [-0.39, 0.29) is 17.7 Å². The van der Waals surface area contributed by atoms with Crippen LogP contribution in [0.2, 0.25) is 0 Å². The fourth-order valence-electron chi connectivity index (χ4n) is 3.31. The highest BCUT2D eigenvalue weighted by molar-refractivity contribution is 5.92. The summed E-state index contributed by atoms with van der Waals surface area (Å²) in [5.41, 5.74) is 1.80. The maximum atomic E-state index is 12.8. The second-order valence-corrected chi connectivity index (χ2v) is 6.53. The maximum Gasteiger partial charge on any atom is 0.293 e. The van der Waals surface area contributed by atoms with Crippen LogP contribution in [-0.4, -0.2) is 40.8 Å². The molecule has 1 saturated carbocycles. The predicted octanol–water partition coefficient (Wildman–Crippen LogP) is 2.51. The van der Waals surface area contributed by atoms with Gasteiger partial charge in [-0.2, -0.15) is 0 Å². The second kappa shape index (κ2) is 5.94. The third kappa shape index (κ3) is 2.78. The fourth-order valence-corrected chi connectivity index (χ4v) is 3.31. The van der Waals surface area contributed by atoms with E-state index >= 15 is 0 Å². The van der Waals surface area contributed by atoms with Crippen LogP contribution in [0.25, 0.3) is 0 Å². The van der Waals surface area contributed by atoms with Gasteiger partial charge in [-0.05, 0) is 37.0 Å². The number of likely N-dealkylation sites (tertiary alicyclic amines) is 1. The number of hydrogen-bond donors (Lipinski definition) is 1. The van der Waals surface area contributed by atoms with E-state index in [4.69, 9.17) is 9.26 Å². The van der Waals surface area contributed by atoms with Crippen molar-refractivity contribution in [2.24, 2.45) is 0 Å². The number of benzene rings is 1. The zero-order chi connectivity index (χ0) is 16.7. The van der Waals surface area contributed by atoms with E-state index in [2.05, 4.69) is 5.16 Å². The standard InChI is InChI=1S/C18H20N2O4/c1-23-14-4-2-3-12(7-14)16-8-13(21)10-20(16)18(22)17-9-15(19-24-17)11-5-6-11/h2-4,7,9,11,13,16,21H,5-6,8,10H2,1H3/t13-,16-/m0/s1. The molecule has 126 valence electrons. The molecule has 6 nitrogen and oxygen atoms in total. The van der Waals surface area contributed by atoms with E-state index in [1.54, 1.807) is 18.1 Å². The molecule has 2 heterocycles. The van der Waals surface area contributed by atoms with Gasteiger partial charge in [-0.15, -0.1) is 0 Å². The first-order chi connectivity index (χ1) is 11.7. The van der Waals surface area contributed by atoms with E-state index in [0.29, 0.717) is 18.9 Å². The average molecular weight is 328 g/mol. The van der Waals surface area contributed by atoms with Crippen LogP contribution in [0, 0.1) is 0 Å². The van der Waals surface area contributed by atoms with Gasteiger partial charge in [-0.3, -0.25) is 4.79 Å². The first-order valence-electron chi connectivity index (χ1n) is 8.25. The molecule has 1 amide bonds. The smallest absolute Gasteiger partial charge is 0.293 e. The molecule has 2 atom stereocenters. The Morgan fingerprint density at radius 1 is 1.38 bits per heavy atom. The summed E-state index contributed by atoms with van der Waals surface area (Å²) in [7, 11) is 1.61. The maximum absolute atomic E-state index is 12.8. The average Bonchev–Trinajstić information content (AvgIpc) is 3.20. The van der Waals surface area contributed by atoms with Crippen LogP contribution >= 0.6 is 0 Å². The number of nitrogens with zero attached hydrogens (tertiary/aromatic N) is 2. The summed E-state index contributed by atoms with van der Waals surface area (Å²) in [5.74, 6) is 1.20. The molecule has 1 N–H and O–H groups in total. The van der Waals surface area contributed by atoms with Gasteiger partial charge >= 0.3 is 0 Å². The monoisotopic (exact) mass is 328 g/mol. The summed E-state index contributed by atoms with van der Waals surface area (Å²) in [5, 5.41) is 14.1. The van der Waals surface area contributed by atoms with Gasteiger partial charge in [0.25, 0.3) is 5.91 Å². The Kier molecular flexibility index (Phi) is 3.76. The van der Waals surface area contributed by atoms with Gasteiger partial charge in [0.1, 0.15) is 5.75 Å². The molecule has 2 aromatic rings. The number of amides is 1. The molecule has 1 aromatic carbocycles.